The first-order valence-electron chi connectivity index (χ1n) is 6.39. The maximum Gasteiger partial charge on any atom is 0.271 e. The van der Waals surface area contributed by atoms with Crippen molar-refractivity contribution in [2.24, 2.45) is 5.73 Å². The minimum Gasteiger partial charge on any atom is -0.497 e. The number of aryl methyl sites for hydroxylation is 1. The van der Waals surface area contributed by atoms with Crippen LogP contribution in [-0.4, -0.2) is 27.4 Å². The fraction of sp³-hybridized carbons (Fsp3) is 0.133. The molecule has 1 aromatic carbocycles. The van der Waals surface area contributed by atoms with Gasteiger partial charge in [-0.25, -0.2) is 9.97 Å². The van der Waals surface area contributed by atoms with Gasteiger partial charge in [-0.05, 0) is 25.1 Å². The van der Waals surface area contributed by atoms with Crippen LogP contribution in [0.1, 0.15) is 16.2 Å². The fourth-order valence-corrected chi connectivity index (χ4v) is 2.22. The molecule has 0 bridgehead atoms. The van der Waals surface area contributed by atoms with E-state index in [0.29, 0.717) is 5.65 Å². The molecule has 0 spiro atoms. The van der Waals surface area contributed by atoms with Crippen molar-refractivity contribution in [2.45, 2.75) is 6.92 Å². The van der Waals surface area contributed by atoms with Gasteiger partial charge in [-0.15, -0.1) is 0 Å². The molecule has 0 unspecified atom stereocenters. The number of imidazole rings is 1. The smallest absolute Gasteiger partial charge is 0.271 e. The van der Waals surface area contributed by atoms with Gasteiger partial charge in [-0.2, -0.15) is 0 Å². The van der Waals surface area contributed by atoms with E-state index in [9.17, 15) is 4.79 Å². The summed E-state index contributed by atoms with van der Waals surface area (Å²) in [6, 6.07) is 9.50. The number of nitrogens with two attached hydrogens (primary N) is 1. The number of carbonyl (C=O) groups is 1. The molecule has 2 heterocycles. The molecule has 0 radical (unpaired) electrons. The molecule has 0 saturated carbocycles. The second-order valence-corrected chi connectivity index (χ2v) is 4.67. The minimum absolute atomic E-state index is 0.169. The van der Waals surface area contributed by atoms with Crippen LogP contribution in [0, 0.1) is 6.92 Å². The Balaban J connectivity index is 2.23. The van der Waals surface area contributed by atoms with Gasteiger partial charge in [0.1, 0.15) is 12.1 Å². The van der Waals surface area contributed by atoms with Crippen LogP contribution in [0.5, 0.6) is 5.75 Å². The van der Waals surface area contributed by atoms with Crippen molar-refractivity contribution in [1.82, 2.24) is 14.4 Å². The first-order chi connectivity index (χ1) is 10.1. The Kier molecular flexibility index (Phi) is 3.06. The number of nitrogens with zero attached hydrogens (tertiary/aromatic N) is 3. The molecule has 3 aromatic rings. The number of hydrogen-bond donors (Lipinski definition) is 1. The zero-order valence-corrected chi connectivity index (χ0v) is 11.7. The van der Waals surface area contributed by atoms with E-state index in [0.717, 1.165) is 22.7 Å². The summed E-state index contributed by atoms with van der Waals surface area (Å²) in [4.78, 5) is 20.0. The maximum absolute atomic E-state index is 11.4. The van der Waals surface area contributed by atoms with Gasteiger partial charge in [0.05, 0.1) is 12.8 Å². The Hall–Kier alpha value is -2.89. The molecule has 0 saturated heterocycles. The summed E-state index contributed by atoms with van der Waals surface area (Å²) in [6.07, 6.45) is 1.55. The van der Waals surface area contributed by atoms with Crippen molar-refractivity contribution in [3.05, 3.63) is 48.0 Å². The summed E-state index contributed by atoms with van der Waals surface area (Å²) in [5, 5.41) is 0. The molecule has 2 aromatic heterocycles. The SMILES string of the molecule is COc1cccc(-c2cc(C)n3cnc(C(N)=O)c3n2)c1. The van der Waals surface area contributed by atoms with E-state index < -0.39 is 5.91 Å². The van der Waals surface area contributed by atoms with Crippen LogP contribution in [0.15, 0.2) is 36.7 Å². The highest BCUT2D eigenvalue weighted by molar-refractivity contribution is 5.97. The Morgan fingerprint density at radius 3 is 2.86 bits per heavy atom. The summed E-state index contributed by atoms with van der Waals surface area (Å²) in [5.74, 6) is 0.155. The molecule has 106 valence electrons. The van der Waals surface area contributed by atoms with Crippen molar-refractivity contribution >= 4 is 11.6 Å². The van der Waals surface area contributed by atoms with E-state index in [1.54, 1.807) is 17.8 Å². The Bertz CT molecular complexity index is 839. The molecule has 6 heteroatoms. The molecule has 2 N–H and O–H groups in total. The number of carbonyl (C=O) groups excluding carboxylic acids is 1. The zero-order chi connectivity index (χ0) is 15.0. The summed E-state index contributed by atoms with van der Waals surface area (Å²) in [6.45, 7) is 1.92. The van der Waals surface area contributed by atoms with E-state index in [-0.39, 0.29) is 5.69 Å². The average Bonchev–Trinajstić information content (AvgIpc) is 2.92. The first kappa shape index (κ1) is 13.1. The van der Waals surface area contributed by atoms with Gasteiger partial charge in [-0.1, -0.05) is 12.1 Å². The van der Waals surface area contributed by atoms with Crippen LogP contribution in [-0.2, 0) is 0 Å². The second kappa shape index (κ2) is 4.90. The number of methoxy groups -OCH3 is 1. The lowest BCUT2D eigenvalue weighted by Gasteiger charge is -2.07. The van der Waals surface area contributed by atoms with E-state index in [2.05, 4.69) is 9.97 Å². The van der Waals surface area contributed by atoms with E-state index in [1.807, 2.05) is 37.3 Å². The predicted octanol–water partition coefficient (Wildman–Crippen LogP) is 1.81. The molecule has 0 aliphatic rings. The molecule has 0 aliphatic carbocycles. The molecular weight excluding hydrogens is 268 g/mol. The Labute approximate surface area is 121 Å². The highest BCUT2D eigenvalue weighted by Crippen LogP contribution is 2.24. The number of fused-ring (bicyclic) bond motifs is 1. The van der Waals surface area contributed by atoms with Gasteiger partial charge in [0, 0.05) is 11.3 Å². The van der Waals surface area contributed by atoms with E-state index >= 15 is 0 Å². The second-order valence-electron chi connectivity index (χ2n) is 4.67. The summed E-state index contributed by atoms with van der Waals surface area (Å²) < 4.78 is 6.96. The quantitative estimate of drug-likeness (QED) is 0.794. The van der Waals surface area contributed by atoms with Gasteiger partial charge in [0.25, 0.3) is 5.91 Å². The first-order valence-corrected chi connectivity index (χ1v) is 6.39. The Morgan fingerprint density at radius 2 is 2.14 bits per heavy atom. The van der Waals surface area contributed by atoms with Gasteiger partial charge in [-0.3, -0.25) is 9.20 Å². The van der Waals surface area contributed by atoms with Crippen LogP contribution in [0.3, 0.4) is 0 Å². The van der Waals surface area contributed by atoms with Crippen molar-refractivity contribution in [1.29, 1.82) is 0 Å². The van der Waals surface area contributed by atoms with E-state index in [1.165, 1.54) is 0 Å². The minimum atomic E-state index is -0.591. The molecule has 3 rings (SSSR count). The topological polar surface area (TPSA) is 82.5 Å². The largest absolute Gasteiger partial charge is 0.497 e. The lowest BCUT2D eigenvalue weighted by Crippen LogP contribution is -2.12. The van der Waals surface area contributed by atoms with Crippen molar-refractivity contribution in [3.8, 4) is 17.0 Å². The van der Waals surface area contributed by atoms with Crippen LogP contribution in [0.4, 0.5) is 0 Å². The third-order valence-electron chi connectivity index (χ3n) is 3.29. The lowest BCUT2D eigenvalue weighted by molar-refractivity contribution is 0.0997. The number of hydrogen-bond acceptors (Lipinski definition) is 4. The number of aromatic nitrogens is 3. The number of ether oxygens (including phenoxy) is 1. The molecule has 0 fully saturated rings. The highest BCUT2D eigenvalue weighted by atomic mass is 16.5. The summed E-state index contributed by atoms with van der Waals surface area (Å²) in [5.41, 5.74) is 8.51. The monoisotopic (exact) mass is 282 g/mol. The maximum atomic E-state index is 11.4. The van der Waals surface area contributed by atoms with Gasteiger partial charge in [0.2, 0.25) is 0 Å². The zero-order valence-electron chi connectivity index (χ0n) is 11.7. The van der Waals surface area contributed by atoms with E-state index in [4.69, 9.17) is 10.5 Å². The molecule has 21 heavy (non-hydrogen) atoms. The average molecular weight is 282 g/mol. The summed E-state index contributed by atoms with van der Waals surface area (Å²) >= 11 is 0. The van der Waals surface area contributed by atoms with Crippen molar-refractivity contribution in [2.75, 3.05) is 7.11 Å². The number of rotatable bonds is 3. The normalized spacial score (nSPS) is 10.8. The van der Waals surface area contributed by atoms with Gasteiger partial charge < -0.3 is 10.5 Å². The molecule has 0 atom stereocenters. The molecular formula is C15H14N4O2. The van der Waals surface area contributed by atoms with Crippen LogP contribution >= 0.6 is 0 Å². The lowest BCUT2D eigenvalue weighted by atomic mass is 10.1. The highest BCUT2D eigenvalue weighted by Gasteiger charge is 2.14. The van der Waals surface area contributed by atoms with Gasteiger partial charge in [0.15, 0.2) is 11.3 Å². The number of amides is 1. The van der Waals surface area contributed by atoms with Gasteiger partial charge >= 0.3 is 0 Å². The standard InChI is InChI=1S/C15H14N4O2/c1-9-6-12(10-4-3-5-11(7-10)21-2)18-15-13(14(16)20)17-8-19(9)15/h3-8H,1-2H3,(H2,16,20). The third kappa shape index (κ3) is 2.20. The van der Waals surface area contributed by atoms with Crippen LogP contribution in [0.25, 0.3) is 16.9 Å². The number of benzene rings is 1. The van der Waals surface area contributed by atoms with Crippen LogP contribution in [0.2, 0.25) is 0 Å². The third-order valence-corrected chi connectivity index (χ3v) is 3.29. The molecule has 1 amide bonds. The Morgan fingerprint density at radius 1 is 1.33 bits per heavy atom. The van der Waals surface area contributed by atoms with Crippen molar-refractivity contribution in [3.63, 3.8) is 0 Å². The molecule has 0 aliphatic heterocycles. The number of primary amides is 1. The molecule has 6 nitrogen and oxygen atoms in total. The predicted molar refractivity (Wildman–Crippen MR) is 78.2 cm³/mol. The van der Waals surface area contributed by atoms with Crippen molar-refractivity contribution < 1.29 is 9.53 Å². The van der Waals surface area contributed by atoms with Crippen LogP contribution < -0.4 is 10.5 Å². The fourth-order valence-electron chi connectivity index (χ4n) is 2.22. The summed E-state index contributed by atoms with van der Waals surface area (Å²) in [7, 11) is 1.61.